The van der Waals surface area contributed by atoms with Crippen molar-refractivity contribution in [3.8, 4) is 0 Å². The third-order valence-corrected chi connectivity index (χ3v) is 2.81. The summed E-state index contributed by atoms with van der Waals surface area (Å²) in [5.41, 5.74) is -0.0227. The Morgan fingerprint density at radius 3 is 2.53 bits per heavy atom. The van der Waals surface area contributed by atoms with Crippen LogP contribution in [0.3, 0.4) is 0 Å². The van der Waals surface area contributed by atoms with Crippen LogP contribution in [0.2, 0.25) is 0 Å². The summed E-state index contributed by atoms with van der Waals surface area (Å²) in [6.07, 6.45) is 1.19. The van der Waals surface area contributed by atoms with Gasteiger partial charge in [0.2, 0.25) is 5.91 Å². The molecular weight excluding hydrogens is 245 g/mol. The summed E-state index contributed by atoms with van der Waals surface area (Å²) in [6.45, 7) is 3.48. The SMILES string of the molecule is CCOC(=O)C(=CC[PH](=O)CO)NC(=O)CC. The van der Waals surface area contributed by atoms with Gasteiger partial charge < -0.3 is 19.7 Å². The highest BCUT2D eigenvalue weighted by atomic mass is 31.1. The molecule has 0 saturated carbocycles. The molecule has 1 unspecified atom stereocenters. The number of carbonyl (C=O) groups excluding carboxylic acids is 2. The van der Waals surface area contributed by atoms with Crippen LogP contribution in [0.5, 0.6) is 0 Å². The van der Waals surface area contributed by atoms with Gasteiger partial charge in [-0.2, -0.15) is 0 Å². The first kappa shape index (κ1) is 15.9. The van der Waals surface area contributed by atoms with Gasteiger partial charge in [0.05, 0.1) is 13.0 Å². The lowest BCUT2D eigenvalue weighted by atomic mass is 10.3. The van der Waals surface area contributed by atoms with Crippen molar-refractivity contribution in [2.45, 2.75) is 20.3 Å². The van der Waals surface area contributed by atoms with E-state index in [-0.39, 0.29) is 30.8 Å². The number of carbonyl (C=O) groups is 2. The monoisotopic (exact) mass is 263 g/mol. The van der Waals surface area contributed by atoms with Gasteiger partial charge >= 0.3 is 5.97 Å². The number of allylic oxidation sites excluding steroid dienone is 1. The molecule has 0 radical (unpaired) electrons. The summed E-state index contributed by atoms with van der Waals surface area (Å²) in [7, 11) is -2.14. The van der Waals surface area contributed by atoms with Crippen molar-refractivity contribution < 1.29 is 24.0 Å². The van der Waals surface area contributed by atoms with Gasteiger partial charge in [-0.1, -0.05) is 6.92 Å². The van der Waals surface area contributed by atoms with Crippen LogP contribution in [0.15, 0.2) is 11.8 Å². The van der Waals surface area contributed by atoms with Crippen molar-refractivity contribution in [1.29, 1.82) is 0 Å². The van der Waals surface area contributed by atoms with Gasteiger partial charge in [-0.15, -0.1) is 0 Å². The number of aliphatic hydroxyl groups is 1. The molecule has 0 aromatic rings. The maximum absolute atomic E-state index is 11.4. The van der Waals surface area contributed by atoms with Crippen molar-refractivity contribution >= 4 is 19.7 Å². The molecule has 7 heteroatoms. The summed E-state index contributed by atoms with van der Waals surface area (Å²) >= 11 is 0. The molecule has 6 nitrogen and oxygen atoms in total. The number of hydrogen-bond donors (Lipinski definition) is 2. The van der Waals surface area contributed by atoms with Crippen LogP contribution in [0.4, 0.5) is 0 Å². The van der Waals surface area contributed by atoms with E-state index in [0.29, 0.717) is 0 Å². The van der Waals surface area contributed by atoms with Crippen LogP contribution in [-0.4, -0.2) is 36.1 Å². The minimum absolute atomic E-state index is 0.0227. The van der Waals surface area contributed by atoms with Crippen LogP contribution in [0.25, 0.3) is 0 Å². The molecule has 17 heavy (non-hydrogen) atoms. The van der Waals surface area contributed by atoms with E-state index in [1.165, 1.54) is 6.08 Å². The molecule has 2 N–H and O–H groups in total. The summed E-state index contributed by atoms with van der Waals surface area (Å²) in [5.74, 6) is -0.991. The van der Waals surface area contributed by atoms with Gasteiger partial charge in [0.1, 0.15) is 13.5 Å². The van der Waals surface area contributed by atoms with Crippen molar-refractivity contribution in [2.24, 2.45) is 0 Å². The quantitative estimate of drug-likeness (QED) is 0.395. The Labute approximate surface area is 101 Å². The Hall–Kier alpha value is -1.13. The van der Waals surface area contributed by atoms with Crippen molar-refractivity contribution in [1.82, 2.24) is 5.32 Å². The number of hydrogen-bond acceptors (Lipinski definition) is 5. The van der Waals surface area contributed by atoms with Crippen LogP contribution < -0.4 is 5.32 Å². The first-order valence-electron chi connectivity index (χ1n) is 5.34. The number of esters is 1. The summed E-state index contributed by atoms with van der Waals surface area (Å²) in [5, 5.41) is 11.0. The van der Waals surface area contributed by atoms with Crippen molar-refractivity contribution in [3.63, 3.8) is 0 Å². The van der Waals surface area contributed by atoms with Gasteiger partial charge in [0.15, 0.2) is 0 Å². The second-order valence-corrected chi connectivity index (χ2v) is 4.94. The first-order valence-corrected chi connectivity index (χ1v) is 7.17. The zero-order chi connectivity index (χ0) is 13.3. The Morgan fingerprint density at radius 2 is 2.06 bits per heavy atom. The maximum atomic E-state index is 11.4. The Morgan fingerprint density at radius 1 is 1.41 bits per heavy atom. The van der Waals surface area contributed by atoms with Gasteiger partial charge in [-0.25, -0.2) is 4.79 Å². The molecule has 0 rings (SSSR count). The number of nitrogens with one attached hydrogen (secondary N) is 1. The molecule has 0 heterocycles. The summed E-state index contributed by atoms with van der Waals surface area (Å²) in [6, 6.07) is 0. The Bertz CT molecular complexity index is 327. The molecule has 0 aliphatic rings. The molecule has 0 saturated heterocycles. The Kier molecular flexibility index (Phi) is 8.36. The topological polar surface area (TPSA) is 92.7 Å². The third-order valence-electron chi connectivity index (χ3n) is 1.80. The molecule has 1 atom stereocenters. The first-order chi connectivity index (χ1) is 8.04. The number of ether oxygens (including phenoxy) is 1. The lowest BCUT2D eigenvalue weighted by Crippen LogP contribution is -2.28. The lowest BCUT2D eigenvalue weighted by molar-refractivity contribution is -0.140. The average molecular weight is 263 g/mol. The van der Waals surface area contributed by atoms with E-state index in [1.54, 1.807) is 13.8 Å². The molecule has 0 bridgehead atoms. The second-order valence-electron chi connectivity index (χ2n) is 3.14. The van der Waals surface area contributed by atoms with E-state index in [1.807, 2.05) is 0 Å². The predicted octanol–water partition coefficient (Wildman–Crippen LogP) is 0.469. The normalized spacial score (nSPS) is 13.0. The van der Waals surface area contributed by atoms with Gasteiger partial charge in [0, 0.05) is 12.6 Å². The molecule has 0 spiro atoms. The highest BCUT2D eigenvalue weighted by molar-refractivity contribution is 7.44. The van der Waals surface area contributed by atoms with Gasteiger partial charge in [-0.05, 0) is 13.0 Å². The van der Waals surface area contributed by atoms with E-state index in [9.17, 15) is 14.2 Å². The zero-order valence-corrected chi connectivity index (χ0v) is 11.0. The highest BCUT2D eigenvalue weighted by Gasteiger charge is 2.13. The lowest BCUT2D eigenvalue weighted by Gasteiger charge is -2.08. The van der Waals surface area contributed by atoms with Crippen LogP contribution in [0, 0.1) is 0 Å². The van der Waals surface area contributed by atoms with Crippen LogP contribution >= 0.6 is 7.80 Å². The predicted molar refractivity (Wildman–Crippen MR) is 64.1 cm³/mol. The van der Waals surface area contributed by atoms with Gasteiger partial charge in [-0.3, -0.25) is 4.79 Å². The molecule has 0 aromatic carbocycles. The minimum Gasteiger partial charge on any atom is -0.461 e. The number of amides is 1. The smallest absolute Gasteiger partial charge is 0.354 e. The standard InChI is InChI=1S/C10H18NO5P/c1-3-9(13)11-8(10(14)16-4-2)5-6-17(15)7-12/h5,12,17H,3-4,6-7H2,1-2H3,(H,11,13). The van der Waals surface area contributed by atoms with E-state index < -0.39 is 20.1 Å². The fraction of sp³-hybridized carbons (Fsp3) is 0.600. The number of rotatable bonds is 7. The van der Waals surface area contributed by atoms with Crippen molar-refractivity contribution in [3.05, 3.63) is 11.8 Å². The fourth-order valence-electron chi connectivity index (χ4n) is 0.913. The second kappa shape index (κ2) is 8.96. The molecule has 98 valence electrons. The van der Waals surface area contributed by atoms with E-state index in [2.05, 4.69) is 5.32 Å². The van der Waals surface area contributed by atoms with E-state index >= 15 is 0 Å². The minimum atomic E-state index is -2.14. The summed E-state index contributed by atoms with van der Waals surface area (Å²) in [4.78, 5) is 22.6. The summed E-state index contributed by atoms with van der Waals surface area (Å²) < 4.78 is 15.8. The third kappa shape index (κ3) is 6.92. The molecule has 0 aliphatic carbocycles. The molecule has 0 fully saturated rings. The average Bonchev–Trinajstić information content (AvgIpc) is 2.33. The van der Waals surface area contributed by atoms with E-state index in [4.69, 9.17) is 9.84 Å². The van der Waals surface area contributed by atoms with E-state index in [0.717, 1.165) is 0 Å². The van der Waals surface area contributed by atoms with Crippen molar-refractivity contribution in [2.75, 3.05) is 19.1 Å². The van der Waals surface area contributed by atoms with Gasteiger partial charge in [0.25, 0.3) is 0 Å². The van der Waals surface area contributed by atoms with Crippen LogP contribution in [0.1, 0.15) is 20.3 Å². The largest absolute Gasteiger partial charge is 0.461 e. The highest BCUT2D eigenvalue weighted by Crippen LogP contribution is 2.18. The van der Waals surface area contributed by atoms with Crippen LogP contribution in [-0.2, 0) is 18.9 Å². The Balaban J connectivity index is 4.65. The molecule has 0 aliphatic heterocycles. The zero-order valence-electron chi connectivity index (χ0n) is 9.99. The fourth-order valence-corrected chi connectivity index (χ4v) is 1.47. The number of aliphatic hydroxyl groups excluding tert-OH is 1. The molecule has 0 aromatic heterocycles. The maximum Gasteiger partial charge on any atom is 0.354 e. The molecular formula is C10H18NO5P. The molecule has 1 amide bonds.